The van der Waals surface area contributed by atoms with E-state index in [1.165, 1.54) is 18.2 Å². The van der Waals surface area contributed by atoms with E-state index in [4.69, 9.17) is 0 Å². The first-order chi connectivity index (χ1) is 26.5. The number of allylic oxidation sites excluding steroid dienone is 6. The van der Waals surface area contributed by atoms with Gasteiger partial charge in [-0.3, -0.25) is 0 Å². The summed E-state index contributed by atoms with van der Waals surface area (Å²) >= 11 is 0. The number of benzene rings is 4. The van der Waals surface area contributed by atoms with Crippen molar-refractivity contribution in [3.05, 3.63) is 166 Å². The number of nitrogens with zero attached hydrogens (tertiary/aromatic N) is 3. The second-order valence-corrected chi connectivity index (χ2v) is 15.8. The fourth-order valence-corrected chi connectivity index (χ4v) is 8.85. The largest absolute Gasteiger partial charge is 0.416 e. The van der Waals surface area contributed by atoms with Gasteiger partial charge in [0.1, 0.15) is 0 Å². The number of likely N-dealkylation sites (N-methyl/N-ethyl adjacent to an activating group) is 2. The Morgan fingerprint density at radius 1 is 0.679 bits per heavy atom. The van der Waals surface area contributed by atoms with Crippen LogP contribution in [0.25, 0.3) is 0 Å². The first kappa shape index (κ1) is 39.1. The monoisotopic (exact) mass is 767 g/mol. The lowest BCUT2D eigenvalue weighted by molar-refractivity contribution is -0.138. The molecule has 0 amide bonds. The molecular weight excluding hydrogens is 721 g/mol. The van der Waals surface area contributed by atoms with Crippen LogP contribution in [-0.2, 0) is 23.2 Å². The fourth-order valence-electron chi connectivity index (χ4n) is 8.85. The summed E-state index contributed by atoms with van der Waals surface area (Å²) in [7, 11) is 0. The molecule has 7 rings (SSSR count). The van der Waals surface area contributed by atoms with Crippen molar-refractivity contribution < 1.29 is 26.3 Å². The van der Waals surface area contributed by atoms with Gasteiger partial charge in [0.2, 0.25) is 0 Å². The summed E-state index contributed by atoms with van der Waals surface area (Å²) in [5, 5.41) is 0. The molecule has 0 aromatic heterocycles. The van der Waals surface area contributed by atoms with Crippen LogP contribution in [0.5, 0.6) is 0 Å². The molecule has 3 aliphatic rings. The third kappa shape index (κ3) is 6.83. The van der Waals surface area contributed by atoms with Crippen LogP contribution < -0.4 is 14.7 Å². The molecule has 1 aliphatic carbocycles. The van der Waals surface area contributed by atoms with Crippen molar-refractivity contribution in [2.75, 3.05) is 27.8 Å². The quantitative estimate of drug-likeness (QED) is 0.165. The molecule has 9 heteroatoms. The molecule has 292 valence electrons. The molecule has 0 saturated heterocycles. The molecule has 2 heterocycles. The first-order valence-corrected chi connectivity index (χ1v) is 19.2. The molecule has 3 nitrogen and oxygen atoms in total. The Balaban J connectivity index is 1.36. The molecule has 0 fully saturated rings. The highest BCUT2D eigenvalue weighted by atomic mass is 19.4. The summed E-state index contributed by atoms with van der Waals surface area (Å²) in [5.74, 6) is 0. The minimum atomic E-state index is -4.45. The lowest BCUT2D eigenvalue weighted by atomic mass is 9.79. The Morgan fingerprint density at radius 2 is 1.23 bits per heavy atom. The summed E-state index contributed by atoms with van der Waals surface area (Å²) < 4.78 is 83.1. The van der Waals surface area contributed by atoms with Gasteiger partial charge in [0.05, 0.1) is 22.9 Å². The Hall–Kier alpha value is -5.18. The van der Waals surface area contributed by atoms with E-state index < -0.39 is 34.3 Å². The summed E-state index contributed by atoms with van der Waals surface area (Å²) in [6.07, 6.45) is 1.05. The van der Waals surface area contributed by atoms with Gasteiger partial charge in [-0.2, -0.15) is 26.3 Å². The summed E-state index contributed by atoms with van der Waals surface area (Å²) in [5.41, 5.74) is 6.30. The van der Waals surface area contributed by atoms with Crippen LogP contribution in [0.4, 0.5) is 49.1 Å². The molecule has 4 aromatic rings. The van der Waals surface area contributed by atoms with E-state index in [0.717, 1.165) is 57.8 Å². The van der Waals surface area contributed by atoms with Crippen LogP contribution in [0.2, 0.25) is 0 Å². The highest BCUT2D eigenvalue weighted by Crippen LogP contribution is 2.51. The minimum Gasteiger partial charge on any atom is -0.364 e. The standard InChI is InChI=1S/C47H47F6N3/c1-7-54-39-25-23-33(46(48,49)50)29-37(39)44(3,4)41(54)27-21-31-19-20-32(43(31)56(35-15-11-9-12-16-35)36-17-13-10-14-18-36)22-28-42-45(5,6)38-30-34(47(51,52)53)24-26-40(38)55(42)8-2/h9-18,21-30,41H,7-8,19-20H2,1-6H3. The van der Waals surface area contributed by atoms with E-state index in [0.29, 0.717) is 30.6 Å². The predicted molar refractivity (Wildman–Crippen MR) is 215 cm³/mol. The highest BCUT2D eigenvalue weighted by Gasteiger charge is 2.45. The number of hydrogen-bond acceptors (Lipinski definition) is 3. The topological polar surface area (TPSA) is 9.72 Å². The number of hydrogen-bond donors (Lipinski definition) is 0. The molecule has 1 atom stereocenters. The van der Waals surface area contributed by atoms with Crippen molar-refractivity contribution in [2.24, 2.45) is 0 Å². The van der Waals surface area contributed by atoms with Crippen molar-refractivity contribution in [3.8, 4) is 0 Å². The number of para-hydroxylation sites is 2. The molecule has 0 saturated carbocycles. The van der Waals surface area contributed by atoms with Crippen LogP contribution in [0.1, 0.15) is 76.6 Å². The van der Waals surface area contributed by atoms with E-state index in [1.54, 1.807) is 12.1 Å². The predicted octanol–water partition coefficient (Wildman–Crippen LogP) is 13.3. The summed E-state index contributed by atoms with van der Waals surface area (Å²) in [6.45, 7) is 13.2. The van der Waals surface area contributed by atoms with E-state index in [-0.39, 0.29) is 6.04 Å². The molecule has 1 unspecified atom stereocenters. The maximum atomic E-state index is 13.9. The van der Waals surface area contributed by atoms with E-state index in [2.05, 4.69) is 63.3 Å². The van der Waals surface area contributed by atoms with Crippen molar-refractivity contribution >= 4 is 22.7 Å². The molecule has 0 N–H and O–H groups in total. The molecule has 56 heavy (non-hydrogen) atoms. The highest BCUT2D eigenvalue weighted by molar-refractivity contribution is 5.75. The maximum Gasteiger partial charge on any atom is 0.416 e. The first-order valence-electron chi connectivity index (χ1n) is 19.2. The van der Waals surface area contributed by atoms with Gasteiger partial charge in [0, 0.05) is 52.4 Å². The van der Waals surface area contributed by atoms with Crippen LogP contribution in [-0.4, -0.2) is 19.1 Å². The summed E-state index contributed by atoms with van der Waals surface area (Å²) in [4.78, 5) is 6.53. The average molecular weight is 768 g/mol. The van der Waals surface area contributed by atoms with Crippen molar-refractivity contribution in [2.45, 2.75) is 83.6 Å². The third-order valence-corrected chi connectivity index (χ3v) is 11.7. The Kier molecular flexibility index (Phi) is 10.0. The zero-order valence-electron chi connectivity index (χ0n) is 32.6. The van der Waals surface area contributed by atoms with Gasteiger partial charge in [-0.1, -0.05) is 82.3 Å². The Bertz CT molecular complexity index is 2190. The number of halogens is 6. The molecule has 0 spiro atoms. The SMILES string of the molecule is CCN1C(=CC=C2CCC(C=CC3N(CC)c4ccc(C(F)(F)F)cc4C3(C)C)=C2N(c2ccccc2)c2ccccc2)C(C)(C)c2cc(C(F)(F)F)ccc21. The maximum absolute atomic E-state index is 13.9. The zero-order chi connectivity index (χ0) is 40.2. The second kappa shape index (κ2) is 14.4. The zero-order valence-corrected chi connectivity index (χ0v) is 32.6. The van der Waals surface area contributed by atoms with Gasteiger partial charge in [-0.15, -0.1) is 0 Å². The van der Waals surface area contributed by atoms with Crippen LogP contribution in [0.15, 0.2) is 144 Å². The van der Waals surface area contributed by atoms with Crippen LogP contribution in [0.3, 0.4) is 0 Å². The smallest absolute Gasteiger partial charge is 0.364 e. The van der Waals surface area contributed by atoms with Gasteiger partial charge in [0.25, 0.3) is 0 Å². The van der Waals surface area contributed by atoms with E-state index >= 15 is 0 Å². The van der Waals surface area contributed by atoms with Crippen molar-refractivity contribution in [1.82, 2.24) is 0 Å². The number of rotatable bonds is 8. The second-order valence-electron chi connectivity index (χ2n) is 15.8. The minimum absolute atomic E-state index is 0.200. The van der Waals surface area contributed by atoms with Crippen LogP contribution in [0, 0.1) is 0 Å². The normalized spacial score (nSPS) is 20.5. The van der Waals surface area contributed by atoms with Crippen molar-refractivity contribution in [1.29, 1.82) is 0 Å². The van der Waals surface area contributed by atoms with Gasteiger partial charge in [-0.05, 0) is 116 Å². The Morgan fingerprint density at radius 3 is 1.77 bits per heavy atom. The summed E-state index contributed by atoms with van der Waals surface area (Å²) in [6, 6.07) is 28.1. The van der Waals surface area contributed by atoms with Gasteiger partial charge in [-0.25, -0.2) is 0 Å². The lowest BCUT2D eigenvalue weighted by Gasteiger charge is -2.32. The molecule has 0 bridgehead atoms. The Labute approximate surface area is 325 Å². The van der Waals surface area contributed by atoms with E-state index in [1.807, 2.05) is 77.9 Å². The molecule has 4 aromatic carbocycles. The number of fused-ring (bicyclic) bond motifs is 2. The third-order valence-electron chi connectivity index (χ3n) is 11.7. The average Bonchev–Trinajstić information content (AvgIpc) is 3.73. The molecule has 2 aliphatic heterocycles. The van der Waals surface area contributed by atoms with E-state index in [9.17, 15) is 26.3 Å². The number of alkyl halides is 6. The molecular formula is C47H47F6N3. The van der Waals surface area contributed by atoms with Crippen LogP contribution >= 0.6 is 0 Å². The van der Waals surface area contributed by atoms with Gasteiger partial charge in [0.15, 0.2) is 0 Å². The number of anilines is 4. The van der Waals surface area contributed by atoms with Gasteiger partial charge < -0.3 is 14.7 Å². The van der Waals surface area contributed by atoms with Gasteiger partial charge >= 0.3 is 12.4 Å². The lowest BCUT2D eigenvalue weighted by Crippen LogP contribution is -2.39. The van der Waals surface area contributed by atoms with Crippen molar-refractivity contribution in [3.63, 3.8) is 0 Å². The molecule has 0 radical (unpaired) electrons. The fraction of sp³-hybridized carbons (Fsp3) is 0.319.